The van der Waals surface area contributed by atoms with Crippen molar-refractivity contribution in [2.24, 2.45) is 0 Å². The fraction of sp³-hybridized carbons (Fsp3) is 0.500. The second-order valence-electron chi connectivity index (χ2n) is 2.93. The summed E-state index contributed by atoms with van der Waals surface area (Å²) in [6, 6.07) is -4.47. The Labute approximate surface area is 81.7 Å². The van der Waals surface area contributed by atoms with Gasteiger partial charge in [0.1, 0.15) is 0 Å². The molecule has 0 unspecified atom stereocenters. The first-order valence-electron chi connectivity index (χ1n) is 4.10. The van der Waals surface area contributed by atoms with Crippen LogP contribution in [0, 0.1) is 0 Å². The molecule has 0 aromatic carbocycles. The van der Waals surface area contributed by atoms with Crippen molar-refractivity contribution in [2.75, 3.05) is 6.54 Å². The molecule has 1 rings (SSSR count). The average molecular weight is 231 g/mol. The van der Waals surface area contributed by atoms with Gasteiger partial charge in [0.15, 0.2) is 0 Å². The van der Waals surface area contributed by atoms with E-state index in [4.69, 9.17) is 0 Å². The zero-order chi connectivity index (χ0) is 11.8. The van der Waals surface area contributed by atoms with Gasteiger partial charge in [-0.25, -0.2) is 4.39 Å². The van der Waals surface area contributed by atoms with Crippen LogP contribution in [0.4, 0.5) is 26.3 Å². The predicted molar refractivity (Wildman–Crippen MR) is 40.4 cm³/mol. The third kappa shape index (κ3) is 1.70. The van der Waals surface area contributed by atoms with E-state index in [1.807, 2.05) is 0 Å². The average Bonchev–Trinajstić information content (AvgIpc) is 2.19. The van der Waals surface area contributed by atoms with Gasteiger partial charge in [-0.1, -0.05) is 6.92 Å². The molecular weight excluding hydrogens is 224 g/mol. The van der Waals surface area contributed by atoms with E-state index in [9.17, 15) is 26.3 Å². The lowest BCUT2D eigenvalue weighted by molar-refractivity contribution is -0.129. The number of halogens is 6. The summed E-state index contributed by atoms with van der Waals surface area (Å²) >= 11 is 0. The number of hydrogen-bond donors (Lipinski definition) is 0. The van der Waals surface area contributed by atoms with Gasteiger partial charge in [-0.05, 0) is 6.42 Å². The molecule has 0 saturated carbocycles. The van der Waals surface area contributed by atoms with E-state index in [1.54, 1.807) is 0 Å². The molecule has 0 aromatic heterocycles. The van der Waals surface area contributed by atoms with Crippen molar-refractivity contribution < 1.29 is 26.3 Å². The van der Waals surface area contributed by atoms with Gasteiger partial charge < -0.3 is 0 Å². The van der Waals surface area contributed by atoms with Crippen LogP contribution < -0.4 is 0 Å². The lowest BCUT2D eigenvalue weighted by Gasteiger charge is -2.32. The molecule has 0 spiro atoms. The molecule has 1 aliphatic heterocycles. The Balaban J connectivity index is 3.23. The molecule has 0 N–H and O–H groups in total. The van der Waals surface area contributed by atoms with E-state index >= 15 is 0 Å². The SMILES string of the molecule is CCCN1C(F)=C(F)C(F)=C(F)C1(F)F. The van der Waals surface area contributed by atoms with E-state index in [0.717, 1.165) is 0 Å². The van der Waals surface area contributed by atoms with Gasteiger partial charge in [-0.15, -0.1) is 0 Å². The Morgan fingerprint density at radius 2 is 1.60 bits per heavy atom. The van der Waals surface area contributed by atoms with Crippen molar-refractivity contribution in [1.82, 2.24) is 4.90 Å². The van der Waals surface area contributed by atoms with Gasteiger partial charge in [-0.2, -0.15) is 22.0 Å². The summed E-state index contributed by atoms with van der Waals surface area (Å²) in [6.45, 7) is 0.792. The lowest BCUT2D eigenvalue weighted by atomic mass is 10.2. The molecule has 0 bridgehead atoms. The van der Waals surface area contributed by atoms with E-state index in [1.165, 1.54) is 6.92 Å². The minimum atomic E-state index is -4.47. The standard InChI is InChI=1S/C8H7F6N/c1-2-3-15-7(12)5(10)4(9)6(11)8(15,13)14/h2-3H2,1H3. The summed E-state index contributed by atoms with van der Waals surface area (Å²) < 4.78 is 76.4. The fourth-order valence-corrected chi connectivity index (χ4v) is 1.14. The van der Waals surface area contributed by atoms with Crippen molar-refractivity contribution in [2.45, 2.75) is 19.4 Å². The third-order valence-corrected chi connectivity index (χ3v) is 1.85. The Hall–Kier alpha value is -1.14. The molecule has 7 heteroatoms. The number of rotatable bonds is 2. The topological polar surface area (TPSA) is 3.24 Å². The molecule has 0 fully saturated rings. The Bertz CT molecular complexity index is 332. The molecule has 0 atom stereocenters. The quantitative estimate of drug-likeness (QED) is 0.518. The Morgan fingerprint density at radius 3 is 2.07 bits per heavy atom. The summed E-state index contributed by atoms with van der Waals surface area (Å²) in [4.78, 5) is -0.444. The van der Waals surface area contributed by atoms with E-state index in [0.29, 0.717) is 0 Å². The molecule has 0 aromatic rings. The van der Waals surface area contributed by atoms with Crippen LogP contribution in [-0.4, -0.2) is 17.5 Å². The van der Waals surface area contributed by atoms with Gasteiger partial charge in [0.2, 0.25) is 23.4 Å². The first-order valence-corrected chi connectivity index (χ1v) is 4.10. The van der Waals surface area contributed by atoms with Crippen LogP contribution in [0.3, 0.4) is 0 Å². The second kappa shape index (κ2) is 3.79. The summed E-state index contributed by atoms with van der Waals surface area (Å²) in [5.74, 6) is -9.40. The summed E-state index contributed by atoms with van der Waals surface area (Å²) in [7, 11) is 0. The van der Waals surface area contributed by atoms with Crippen molar-refractivity contribution in [3.8, 4) is 0 Å². The highest BCUT2D eigenvalue weighted by Gasteiger charge is 2.51. The van der Waals surface area contributed by atoms with Crippen molar-refractivity contribution in [3.63, 3.8) is 0 Å². The van der Waals surface area contributed by atoms with Crippen LogP contribution >= 0.6 is 0 Å². The highest BCUT2D eigenvalue weighted by Crippen LogP contribution is 2.43. The maximum absolute atomic E-state index is 12.9. The van der Waals surface area contributed by atoms with Crippen molar-refractivity contribution in [3.05, 3.63) is 23.4 Å². The molecule has 1 aliphatic rings. The smallest absolute Gasteiger partial charge is 0.281 e. The molecule has 0 amide bonds. The normalized spacial score (nSPS) is 21.4. The molecule has 1 nitrogen and oxygen atoms in total. The molecule has 0 aliphatic carbocycles. The van der Waals surface area contributed by atoms with Crippen LogP contribution in [0.1, 0.15) is 13.3 Å². The zero-order valence-electron chi connectivity index (χ0n) is 7.63. The third-order valence-electron chi connectivity index (χ3n) is 1.85. The zero-order valence-corrected chi connectivity index (χ0v) is 7.63. The van der Waals surface area contributed by atoms with Crippen molar-refractivity contribution >= 4 is 0 Å². The van der Waals surface area contributed by atoms with E-state index in [-0.39, 0.29) is 6.42 Å². The highest BCUT2D eigenvalue weighted by molar-refractivity contribution is 5.32. The lowest BCUT2D eigenvalue weighted by Crippen LogP contribution is -2.44. The van der Waals surface area contributed by atoms with Crippen LogP contribution in [0.15, 0.2) is 23.4 Å². The van der Waals surface area contributed by atoms with Crippen LogP contribution in [0.2, 0.25) is 0 Å². The van der Waals surface area contributed by atoms with Crippen LogP contribution in [0.5, 0.6) is 0 Å². The van der Waals surface area contributed by atoms with Crippen molar-refractivity contribution in [1.29, 1.82) is 0 Å². The van der Waals surface area contributed by atoms with Gasteiger partial charge >= 0.3 is 6.05 Å². The molecule has 0 radical (unpaired) electrons. The predicted octanol–water partition coefficient (Wildman–Crippen LogP) is 3.56. The Morgan fingerprint density at radius 1 is 1.07 bits per heavy atom. The second-order valence-corrected chi connectivity index (χ2v) is 2.93. The van der Waals surface area contributed by atoms with Gasteiger partial charge in [0.05, 0.1) is 0 Å². The first kappa shape index (κ1) is 11.9. The molecular formula is C8H7F6N. The minimum Gasteiger partial charge on any atom is -0.281 e. The first-order chi connectivity index (χ1) is 6.84. The maximum atomic E-state index is 12.9. The number of alkyl halides is 2. The highest BCUT2D eigenvalue weighted by atomic mass is 19.3. The summed E-state index contributed by atoms with van der Waals surface area (Å²) in [5.41, 5.74) is 0. The fourth-order valence-electron chi connectivity index (χ4n) is 1.14. The van der Waals surface area contributed by atoms with E-state index in [2.05, 4.69) is 0 Å². The van der Waals surface area contributed by atoms with Gasteiger partial charge in [0.25, 0.3) is 0 Å². The molecule has 86 valence electrons. The number of nitrogens with zero attached hydrogens (tertiary/aromatic N) is 1. The monoisotopic (exact) mass is 231 g/mol. The van der Waals surface area contributed by atoms with Gasteiger partial charge in [-0.3, -0.25) is 4.90 Å². The molecule has 0 saturated heterocycles. The Kier molecular flexibility index (Phi) is 3.01. The number of hydrogen-bond acceptors (Lipinski definition) is 1. The molecule has 15 heavy (non-hydrogen) atoms. The van der Waals surface area contributed by atoms with Crippen LogP contribution in [0.25, 0.3) is 0 Å². The largest absolute Gasteiger partial charge is 0.383 e. The maximum Gasteiger partial charge on any atom is 0.383 e. The number of allylic oxidation sites excluding steroid dienone is 2. The minimum absolute atomic E-state index is 0.0329. The van der Waals surface area contributed by atoms with Crippen LogP contribution in [-0.2, 0) is 0 Å². The summed E-state index contributed by atoms with van der Waals surface area (Å²) in [6.07, 6.45) is 0.0329. The van der Waals surface area contributed by atoms with E-state index < -0.39 is 40.9 Å². The van der Waals surface area contributed by atoms with Gasteiger partial charge in [0, 0.05) is 6.54 Å². The molecule has 1 heterocycles. The summed E-state index contributed by atoms with van der Waals surface area (Å²) in [5, 5.41) is 0.